The highest BCUT2D eigenvalue weighted by Gasteiger charge is 2.74. The lowest BCUT2D eigenvalue weighted by Crippen LogP contribution is -2.51. The molecule has 1 aliphatic carbocycles. The van der Waals surface area contributed by atoms with Crippen LogP contribution in [0.5, 0.6) is 11.8 Å². The number of ether oxygens (including phenoxy) is 1. The average molecular weight is 659 g/mol. The van der Waals surface area contributed by atoms with Gasteiger partial charge in [0.25, 0.3) is 0 Å². The van der Waals surface area contributed by atoms with Gasteiger partial charge in [-0.1, -0.05) is 12.0 Å². The Morgan fingerprint density at radius 1 is 1.12 bits per heavy atom. The van der Waals surface area contributed by atoms with Crippen molar-refractivity contribution in [2.24, 2.45) is 5.41 Å². The van der Waals surface area contributed by atoms with Crippen LogP contribution in [-0.2, 0) is 0 Å². The lowest BCUT2D eigenvalue weighted by Gasteiger charge is -2.34. The van der Waals surface area contributed by atoms with E-state index in [1.807, 2.05) is 4.90 Å². The van der Waals surface area contributed by atoms with Gasteiger partial charge in [0.1, 0.15) is 47.0 Å². The number of phenols is 1. The summed E-state index contributed by atoms with van der Waals surface area (Å²) < 4.78 is 68.0. The molecular formula is C36H34F4N6O2. The number of hydrogen-bond donors (Lipinski definition) is 2. The van der Waals surface area contributed by atoms with Crippen LogP contribution in [-0.4, -0.2) is 87.2 Å². The smallest absolute Gasteiger partial charge is 0.319 e. The molecule has 248 valence electrons. The standard InChI is InChI=1S/C36H34F4N6O2/c1-3-24-27(38)7-4-19-8-23(47)9-25(28(19)24)30-29(39)31-26(11-41-30)32(45-13-21-5-6-22(14-45)42-21)44-33(43-31)48-18-36-10-20(37)12-46(36)17-35(16-36)15-34(35,2)40/h1,4,7-9,11,20-22,42,47H,5-6,10,12-18H2,2H3/t20-,21?,22?,34?,35-,36+/m1/s1. The van der Waals surface area contributed by atoms with Crippen LogP contribution in [0.25, 0.3) is 32.9 Å². The highest BCUT2D eigenvalue weighted by atomic mass is 19.1. The summed E-state index contributed by atoms with van der Waals surface area (Å²) in [6.07, 6.45) is 9.27. The molecule has 2 aromatic carbocycles. The number of halogens is 4. The van der Waals surface area contributed by atoms with Gasteiger partial charge in [0.15, 0.2) is 5.82 Å². The molecule has 9 rings (SSSR count). The van der Waals surface area contributed by atoms with E-state index in [1.165, 1.54) is 30.5 Å². The number of anilines is 1. The molecule has 2 bridgehead atoms. The van der Waals surface area contributed by atoms with Crippen molar-refractivity contribution in [3.05, 3.63) is 47.7 Å². The number of piperazine rings is 1. The molecule has 2 N–H and O–H groups in total. The fourth-order valence-corrected chi connectivity index (χ4v) is 9.20. The molecule has 4 aliphatic heterocycles. The van der Waals surface area contributed by atoms with E-state index >= 15 is 8.78 Å². The average Bonchev–Trinajstić information content (AvgIpc) is 3.30. The molecule has 6 atom stereocenters. The van der Waals surface area contributed by atoms with E-state index in [1.54, 1.807) is 6.92 Å². The van der Waals surface area contributed by atoms with Crippen molar-refractivity contribution in [3.63, 3.8) is 0 Å². The van der Waals surface area contributed by atoms with Crippen molar-refractivity contribution in [3.8, 4) is 35.4 Å². The van der Waals surface area contributed by atoms with Crippen LogP contribution >= 0.6 is 0 Å². The molecule has 5 fully saturated rings. The molecule has 5 aliphatic rings. The predicted molar refractivity (Wildman–Crippen MR) is 172 cm³/mol. The number of fused-ring (bicyclic) bond motifs is 5. The van der Waals surface area contributed by atoms with Gasteiger partial charge in [-0.25, -0.2) is 17.6 Å². The molecule has 0 radical (unpaired) electrons. The lowest BCUT2D eigenvalue weighted by molar-refractivity contribution is 0.107. The number of aromatic hydroxyl groups is 1. The summed E-state index contributed by atoms with van der Waals surface area (Å²) in [5.74, 6) is 1.19. The number of rotatable bonds is 5. The second-order valence-electron chi connectivity index (χ2n) is 14.7. The molecule has 8 nitrogen and oxygen atoms in total. The van der Waals surface area contributed by atoms with E-state index in [4.69, 9.17) is 16.1 Å². The third-order valence-corrected chi connectivity index (χ3v) is 11.6. The van der Waals surface area contributed by atoms with E-state index in [9.17, 15) is 13.9 Å². The van der Waals surface area contributed by atoms with Crippen molar-refractivity contribution in [1.29, 1.82) is 0 Å². The summed E-state index contributed by atoms with van der Waals surface area (Å²) in [6.45, 7) is 3.62. The number of hydrogen-bond acceptors (Lipinski definition) is 8. The molecule has 3 unspecified atom stereocenters. The van der Waals surface area contributed by atoms with Gasteiger partial charge in [-0.15, -0.1) is 6.42 Å². The molecule has 12 heteroatoms. The summed E-state index contributed by atoms with van der Waals surface area (Å²) in [5, 5.41) is 15.2. The Morgan fingerprint density at radius 3 is 2.62 bits per heavy atom. The number of nitrogens with zero attached hydrogens (tertiary/aromatic N) is 5. The highest BCUT2D eigenvalue weighted by molar-refractivity contribution is 6.03. The third kappa shape index (κ3) is 4.39. The molecule has 6 heterocycles. The van der Waals surface area contributed by atoms with E-state index in [0.717, 1.165) is 12.8 Å². The minimum Gasteiger partial charge on any atom is -0.508 e. The Bertz CT molecular complexity index is 2060. The number of terminal acetylenes is 1. The van der Waals surface area contributed by atoms with Gasteiger partial charge >= 0.3 is 6.01 Å². The van der Waals surface area contributed by atoms with Crippen LogP contribution in [0.15, 0.2) is 30.5 Å². The van der Waals surface area contributed by atoms with Crippen molar-refractivity contribution in [2.45, 2.75) is 68.5 Å². The largest absolute Gasteiger partial charge is 0.508 e. The molecule has 4 saturated heterocycles. The molecule has 0 amide bonds. The van der Waals surface area contributed by atoms with Crippen molar-refractivity contribution in [2.75, 3.05) is 37.7 Å². The van der Waals surface area contributed by atoms with Gasteiger partial charge in [0, 0.05) is 67.2 Å². The Hall–Kier alpha value is -4.21. The molecule has 4 aromatic rings. The topological polar surface area (TPSA) is 86.6 Å². The zero-order valence-corrected chi connectivity index (χ0v) is 26.4. The highest BCUT2D eigenvalue weighted by Crippen LogP contribution is 2.68. The zero-order valence-electron chi connectivity index (χ0n) is 26.4. The van der Waals surface area contributed by atoms with Crippen molar-refractivity contribution in [1.82, 2.24) is 25.2 Å². The molecule has 48 heavy (non-hydrogen) atoms. The van der Waals surface area contributed by atoms with E-state index in [2.05, 4.69) is 26.1 Å². The van der Waals surface area contributed by atoms with Crippen LogP contribution in [0, 0.1) is 29.4 Å². The number of nitrogens with one attached hydrogen (secondary N) is 1. The first kappa shape index (κ1) is 29.9. The summed E-state index contributed by atoms with van der Waals surface area (Å²) in [4.78, 5) is 17.9. The van der Waals surface area contributed by atoms with Gasteiger partial charge < -0.3 is 20.1 Å². The Morgan fingerprint density at radius 2 is 1.90 bits per heavy atom. The van der Waals surface area contributed by atoms with Gasteiger partial charge in [0.05, 0.1) is 16.5 Å². The maximum Gasteiger partial charge on any atom is 0.319 e. The fourth-order valence-electron chi connectivity index (χ4n) is 9.20. The maximum atomic E-state index is 16.9. The third-order valence-electron chi connectivity index (χ3n) is 11.6. The summed E-state index contributed by atoms with van der Waals surface area (Å²) >= 11 is 0. The quantitative estimate of drug-likeness (QED) is 0.217. The first-order chi connectivity index (χ1) is 23.0. The predicted octanol–water partition coefficient (Wildman–Crippen LogP) is 5.43. The second kappa shape index (κ2) is 10.2. The Labute approximate surface area is 274 Å². The van der Waals surface area contributed by atoms with E-state index in [-0.39, 0.29) is 71.1 Å². The number of alkyl halides is 2. The molecule has 2 aromatic heterocycles. The minimum absolute atomic E-state index is 0.0323. The second-order valence-corrected chi connectivity index (χ2v) is 14.7. The Kier molecular flexibility index (Phi) is 6.32. The summed E-state index contributed by atoms with van der Waals surface area (Å²) in [6, 6.07) is 5.83. The first-order valence-electron chi connectivity index (χ1n) is 16.5. The molecular weight excluding hydrogens is 624 g/mol. The van der Waals surface area contributed by atoms with Crippen LogP contribution < -0.4 is 15.0 Å². The van der Waals surface area contributed by atoms with Crippen LogP contribution in [0.2, 0.25) is 0 Å². The number of aromatic nitrogens is 3. The number of benzene rings is 2. The lowest BCUT2D eigenvalue weighted by atomic mass is 9.87. The first-order valence-corrected chi connectivity index (χ1v) is 16.5. The maximum absolute atomic E-state index is 16.9. The van der Waals surface area contributed by atoms with Gasteiger partial charge in [-0.3, -0.25) is 9.88 Å². The molecule has 1 spiro atoms. The van der Waals surface area contributed by atoms with Crippen LogP contribution in [0.1, 0.15) is 44.6 Å². The zero-order chi connectivity index (χ0) is 33.2. The van der Waals surface area contributed by atoms with Crippen molar-refractivity contribution >= 4 is 27.5 Å². The molecule has 1 saturated carbocycles. The van der Waals surface area contributed by atoms with E-state index < -0.39 is 34.4 Å². The normalized spacial score (nSPS) is 32.3. The SMILES string of the molecule is C#Cc1c(F)ccc2cc(O)cc(-c3ncc4c(N5CC6CCC(C5)N6)nc(OC[C@@]56C[C@@H](F)CN5C[C@@]5(CC5(C)F)C6)nc4c3F)c12. The van der Waals surface area contributed by atoms with Crippen LogP contribution in [0.3, 0.4) is 0 Å². The number of pyridine rings is 1. The monoisotopic (exact) mass is 658 g/mol. The van der Waals surface area contributed by atoms with E-state index in [0.29, 0.717) is 49.1 Å². The fraction of sp³-hybridized carbons (Fsp3) is 0.472. The van der Waals surface area contributed by atoms with Crippen molar-refractivity contribution < 1.29 is 27.4 Å². The van der Waals surface area contributed by atoms with Gasteiger partial charge in [-0.05, 0) is 56.2 Å². The van der Waals surface area contributed by atoms with Gasteiger partial charge in [-0.2, -0.15) is 9.97 Å². The summed E-state index contributed by atoms with van der Waals surface area (Å²) in [5.41, 5.74) is -2.72. The summed E-state index contributed by atoms with van der Waals surface area (Å²) in [7, 11) is 0. The minimum atomic E-state index is -1.30. The number of phenolic OH excluding ortho intramolecular Hbond substituents is 1. The van der Waals surface area contributed by atoms with Gasteiger partial charge in [0.2, 0.25) is 0 Å². The Balaban J connectivity index is 1.16. The van der Waals surface area contributed by atoms with Crippen LogP contribution in [0.4, 0.5) is 23.4 Å².